The van der Waals surface area contributed by atoms with Gasteiger partial charge in [-0.05, 0) is 62.0 Å². The molecule has 0 spiro atoms. The first-order valence-corrected chi connectivity index (χ1v) is 16.1. The summed E-state index contributed by atoms with van der Waals surface area (Å²) in [6.45, 7) is 12.4. The second kappa shape index (κ2) is 12.5. The number of hydrogen-bond acceptors (Lipinski definition) is 11. The largest absolute Gasteiger partial charge is 0.482 e. The van der Waals surface area contributed by atoms with Gasteiger partial charge in [-0.25, -0.2) is 4.79 Å². The zero-order chi connectivity index (χ0) is 33.6. The standard InChI is InChI=1S/C35H45NO10/c1-19(2)10-11-28(39)45-27-16-25-33(5,13-12-26(43-21(4)38)34(25,6)18-42-20(3)37)31-30(40)29-24(46-35(27,31)7)15-23(44-32(29)41)22-9-8-14-36-17-22/h8-9,14-15,17,19,25-27,30-31,40H,10-13,16,18H2,1-7H3/t25?,26-,27-,30?,31?,33-,34-,35+/m0/s1. The van der Waals surface area contributed by atoms with Crippen LogP contribution in [0.25, 0.3) is 11.3 Å². The van der Waals surface area contributed by atoms with Crippen molar-refractivity contribution >= 4 is 17.9 Å². The molecule has 1 N–H and O–H groups in total. The molecule has 5 rings (SSSR count). The average Bonchev–Trinajstić information content (AvgIpc) is 2.97. The van der Waals surface area contributed by atoms with Crippen LogP contribution in [0.3, 0.4) is 0 Å². The molecule has 2 fully saturated rings. The molecular formula is C35H45NO10. The molecule has 1 aliphatic heterocycles. The number of aliphatic hydroxyl groups is 1. The van der Waals surface area contributed by atoms with Crippen LogP contribution in [0, 0.1) is 28.6 Å². The molecule has 11 heteroatoms. The lowest BCUT2D eigenvalue weighted by Gasteiger charge is -2.66. The molecule has 0 radical (unpaired) electrons. The summed E-state index contributed by atoms with van der Waals surface area (Å²) in [4.78, 5) is 55.3. The number of hydrogen-bond donors (Lipinski definition) is 1. The summed E-state index contributed by atoms with van der Waals surface area (Å²) < 4.78 is 30.1. The number of aromatic nitrogens is 1. The predicted octanol–water partition coefficient (Wildman–Crippen LogP) is 5.17. The third-order valence-corrected chi connectivity index (χ3v) is 10.6. The Morgan fingerprint density at radius 1 is 1.11 bits per heavy atom. The maximum Gasteiger partial charge on any atom is 0.345 e. The molecular weight excluding hydrogens is 594 g/mol. The van der Waals surface area contributed by atoms with Gasteiger partial charge in [0, 0.05) is 55.6 Å². The maximum atomic E-state index is 13.6. The predicted molar refractivity (Wildman–Crippen MR) is 165 cm³/mol. The average molecular weight is 640 g/mol. The van der Waals surface area contributed by atoms with Crippen LogP contribution in [0.4, 0.5) is 0 Å². The fourth-order valence-electron chi connectivity index (χ4n) is 8.46. The Labute approximate surface area is 269 Å². The van der Waals surface area contributed by atoms with Crippen molar-refractivity contribution in [3.05, 3.63) is 46.6 Å². The number of nitrogens with zero attached hydrogens (tertiary/aromatic N) is 1. The van der Waals surface area contributed by atoms with Crippen LogP contribution < -0.4 is 10.4 Å². The molecule has 2 aromatic rings. The topological polar surface area (TPSA) is 151 Å². The van der Waals surface area contributed by atoms with E-state index in [9.17, 15) is 24.3 Å². The summed E-state index contributed by atoms with van der Waals surface area (Å²) in [5.41, 5.74) is -3.11. The Kier molecular flexibility index (Phi) is 9.11. The van der Waals surface area contributed by atoms with Crippen molar-refractivity contribution < 1.29 is 42.9 Å². The highest BCUT2D eigenvalue weighted by atomic mass is 16.6. The van der Waals surface area contributed by atoms with Gasteiger partial charge in [0.05, 0.1) is 6.10 Å². The Morgan fingerprint density at radius 2 is 1.85 bits per heavy atom. The van der Waals surface area contributed by atoms with E-state index in [-0.39, 0.29) is 48.4 Å². The zero-order valence-corrected chi connectivity index (χ0v) is 27.7. The summed E-state index contributed by atoms with van der Waals surface area (Å²) in [5.74, 6) is -1.82. The molecule has 0 aromatic carbocycles. The third-order valence-electron chi connectivity index (χ3n) is 10.6. The van der Waals surface area contributed by atoms with Gasteiger partial charge >= 0.3 is 23.5 Å². The molecule has 8 atom stereocenters. The van der Waals surface area contributed by atoms with Crippen molar-refractivity contribution in [2.45, 2.75) is 104 Å². The van der Waals surface area contributed by atoms with Gasteiger partial charge in [0.2, 0.25) is 0 Å². The van der Waals surface area contributed by atoms with Gasteiger partial charge in [0.15, 0.2) is 0 Å². The molecule has 0 amide bonds. The number of aliphatic hydroxyl groups excluding tert-OH is 1. The van der Waals surface area contributed by atoms with Crippen molar-refractivity contribution in [2.24, 2.45) is 28.6 Å². The first kappa shape index (κ1) is 33.6. The van der Waals surface area contributed by atoms with E-state index in [1.54, 1.807) is 30.6 Å². The highest BCUT2D eigenvalue weighted by Crippen LogP contribution is 2.67. The van der Waals surface area contributed by atoms with Crippen LogP contribution in [0.2, 0.25) is 0 Å². The molecule has 3 unspecified atom stereocenters. The van der Waals surface area contributed by atoms with Gasteiger partial charge in [-0.3, -0.25) is 19.4 Å². The molecule has 11 nitrogen and oxygen atoms in total. The van der Waals surface area contributed by atoms with Crippen molar-refractivity contribution in [3.8, 4) is 17.1 Å². The molecule has 3 aliphatic rings. The monoisotopic (exact) mass is 639 g/mol. The first-order valence-electron chi connectivity index (χ1n) is 16.1. The lowest BCUT2D eigenvalue weighted by atomic mass is 9.42. The number of rotatable bonds is 8. The number of fused-ring (bicyclic) bond motifs is 4. The highest BCUT2D eigenvalue weighted by Gasteiger charge is 2.70. The van der Waals surface area contributed by atoms with Crippen molar-refractivity contribution in [3.63, 3.8) is 0 Å². The molecule has 3 heterocycles. The van der Waals surface area contributed by atoms with Crippen LogP contribution in [0.1, 0.15) is 92.2 Å². The number of esters is 3. The van der Waals surface area contributed by atoms with Crippen LogP contribution in [0.5, 0.6) is 5.75 Å². The van der Waals surface area contributed by atoms with Gasteiger partial charge in [-0.2, -0.15) is 0 Å². The van der Waals surface area contributed by atoms with Crippen LogP contribution in [-0.4, -0.2) is 52.4 Å². The van der Waals surface area contributed by atoms with Gasteiger partial charge in [0.25, 0.3) is 0 Å². The summed E-state index contributed by atoms with van der Waals surface area (Å²) in [7, 11) is 0. The summed E-state index contributed by atoms with van der Waals surface area (Å²) in [5, 5.41) is 12.2. The van der Waals surface area contributed by atoms with Crippen LogP contribution in [0.15, 0.2) is 39.8 Å². The van der Waals surface area contributed by atoms with E-state index in [0.29, 0.717) is 24.8 Å². The smallest absolute Gasteiger partial charge is 0.345 e. The van der Waals surface area contributed by atoms with Gasteiger partial charge in [0.1, 0.15) is 41.5 Å². The van der Waals surface area contributed by atoms with Gasteiger partial charge in [-0.15, -0.1) is 0 Å². The normalized spacial score (nSPS) is 33.1. The summed E-state index contributed by atoms with van der Waals surface area (Å²) >= 11 is 0. The fourth-order valence-corrected chi connectivity index (χ4v) is 8.46. The number of ether oxygens (including phenoxy) is 4. The minimum Gasteiger partial charge on any atom is -0.482 e. The molecule has 2 saturated carbocycles. The Balaban J connectivity index is 1.65. The number of pyridine rings is 1. The van der Waals surface area contributed by atoms with E-state index in [2.05, 4.69) is 4.98 Å². The summed E-state index contributed by atoms with van der Waals surface area (Å²) in [6, 6.07) is 5.04. The SMILES string of the molecule is CC(=O)OC[C@@]1(C)C2C[C@H](OC(=O)CCC(C)C)[C@@]3(C)Oc4cc(-c5cccnc5)oc(=O)c4C(O)C3[C@@]2(C)CC[C@@H]1OC(C)=O. The number of carbonyl (C=O) groups is 3. The lowest BCUT2D eigenvalue weighted by Crippen LogP contribution is -2.71. The van der Waals surface area contributed by atoms with Crippen LogP contribution >= 0.6 is 0 Å². The van der Waals surface area contributed by atoms with E-state index >= 15 is 0 Å². The molecule has 0 saturated heterocycles. The number of carbonyl (C=O) groups excluding carboxylic acids is 3. The second-order valence-electron chi connectivity index (χ2n) is 14.3. The van der Waals surface area contributed by atoms with E-state index in [1.807, 2.05) is 34.6 Å². The van der Waals surface area contributed by atoms with E-state index in [4.69, 9.17) is 23.4 Å². The van der Waals surface area contributed by atoms with Crippen molar-refractivity contribution in [1.82, 2.24) is 4.98 Å². The Morgan fingerprint density at radius 3 is 2.48 bits per heavy atom. The van der Waals surface area contributed by atoms with Crippen molar-refractivity contribution in [2.75, 3.05) is 6.61 Å². The van der Waals surface area contributed by atoms with E-state index < -0.39 is 64.2 Å². The van der Waals surface area contributed by atoms with E-state index in [1.165, 1.54) is 13.8 Å². The maximum absolute atomic E-state index is 13.6. The minimum atomic E-state index is -1.35. The Hall–Kier alpha value is -3.73. The lowest BCUT2D eigenvalue weighted by molar-refractivity contribution is -0.271. The van der Waals surface area contributed by atoms with Crippen LogP contribution in [-0.2, 0) is 28.6 Å². The molecule has 46 heavy (non-hydrogen) atoms. The molecule has 2 aliphatic carbocycles. The molecule has 0 bridgehead atoms. The van der Waals surface area contributed by atoms with Crippen molar-refractivity contribution in [1.29, 1.82) is 0 Å². The third kappa shape index (κ3) is 5.94. The molecule has 2 aromatic heterocycles. The summed E-state index contributed by atoms with van der Waals surface area (Å²) in [6.07, 6.45) is 2.38. The van der Waals surface area contributed by atoms with E-state index in [0.717, 1.165) is 0 Å². The molecule has 250 valence electrons. The highest BCUT2D eigenvalue weighted by molar-refractivity contribution is 5.70. The Bertz CT molecular complexity index is 1540. The van der Waals surface area contributed by atoms with Gasteiger partial charge < -0.3 is 28.5 Å². The zero-order valence-electron chi connectivity index (χ0n) is 27.7. The quantitative estimate of drug-likeness (QED) is 0.301. The minimum absolute atomic E-state index is 0.00864. The first-order chi connectivity index (χ1) is 21.6. The van der Waals surface area contributed by atoms with Gasteiger partial charge in [-0.1, -0.05) is 27.7 Å². The fraction of sp³-hybridized carbons (Fsp3) is 0.629. The second-order valence-corrected chi connectivity index (χ2v) is 14.3.